The Hall–Kier alpha value is -1.10. The van der Waals surface area contributed by atoms with Crippen LogP contribution in [0.5, 0.6) is 0 Å². The lowest BCUT2D eigenvalue weighted by molar-refractivity contribution is 0.250. The molecule has 0 aliphatic heterocycles. The molecule has 2 rings (SSSR count). The van der Waals surface area contributed by atoms with Crippen molar-refractivity contribution in [3.05, 3.63) is 29.1 Å². The highest BCUT2D eigenvalue weighted by Gasteiger charge is 2.12. The normalized spacial score (nSPS) is 13.4. The van der Waals surface area contributed by atoms with Crippen molar-refractivity contribution in [3.8, 4) is 0 Å². The molecule has 2 aromatic rings. The summed E-state index contributed by atoms with van der Waals surface area (Å²) in [5.74, 6) is 0.324. The van der Waals surface area contributed by atoms with E-state index in [4.69, 9.17) is 26.9 Å². The molecular weight excluding hydrogens is 204 g/mol. The third-order valence-electron chi connectivity index (χ3n) is 1.88. The lowest BCUT2D eigenvalue weighted by Gasteiger charge is -1.99. The van der Waals surface area contributed by atoms with Crippen LogP contribution in [0, 0.1) is 0 Å². The molecule has 1 aromatic carbocycles. The summed E-state index contributed by atoms with van der Waals surface area (Å²) in [7, 11) is 0. The van der Waals surface area contributed by atoms with Gasteiger partial charge in [0.05, 0.1) is 6.61 Å². The molecule has 14 heavy (non-hydrogen) atoms. The van der Waals surface area contributed by atoms with Crippen molar-refractivity contribution in [2.24, 2.45) is 5.73 Å². The van der Waals surface area contributed by atoms with Crippen LogP contribution in [0.1, 0.15) is 11.9 Å². The smallest absolute Gasteiger partial charge is 0.214 e. The maximum Gasteiger partial charge on any atom is 0.214 e. The van der Waals surface area contributed by atoms with Gasteiger partial charge in [0.25, 0.3) is 0 Å². The molecular formula is C9H9ClN2O2. The van der Waals surface area contributed by atoms with Gasteiger partial charge in [-0.05, 0) is 12.1 Å². The zero-order valence-corrected chi connectivity index (χ0v) is 8.03. The topological polar surface area (TPSA) is 72.3 Å². The zero-order chi connectivity index (χ0) is 10.1. The second kappa shape index (κ2) is 3.57. The van der Waals surface area contributed by atoms with Gasteiger partial charge >= 0.3 is 0 Å². The van der Waals surface area contributed by atoms with Crippen molar-refractivity contribution < 1.29 is 9.52 Å². The summed E-state index contributed by atoms with van der Waals surface area (Å²) in [5, 5.41) is 9.40. The highest BCUT2D eigenvalue weighted by Crippen LogP contribution is 2.22. The molecule has 0 bridgehead atoms. The van der Waals surface area contributed by atoms with E-state index < -0.39 is 6.04 Å². The van der Waals surface area contributed by atoms with Gasteiger partial charge < -0.3 is 15.3 Å². The Balaban J connectivity index is 2.51. The van der Waals surface area contributed by atoms with Gasteiger partial charge in [-0.1, -0.05) is 11.6 Å². The second-order valence-electron chi connectivity index (χ2n) is 2.95. The molecule has 0 saturated heterocycles. The van der Waals surface area contributed by atoms with Crippen LogP contribution in [0.3, 0.4) is 0 Å². The summed E-state index contributed by atoms with van der Waals surface area (Å²) >= 11 is 5.77. The van der Waals surface area contributed by atoms with Crippen molar-refractivity contribution in [2.75, 3.05) is 6.61 Å². The van der Waals surface area contributed by atoms with E-state index in [9.17, 15) is 0 Å². The predicted molar refractivity (Wildman–Crippen MR) is 53.0 cm³/mol. The number of benzene rings is 1. The molecule has 0 aliphatic rings. The number of halogens is 1. The van der Waals surface area contributed by atoms with Gasteiger partial charge in [0.15, 0.2) is 5.58 Å². The van der Waals surface area contributed by atoms with E-state index in [0.717, 1.165) is 0 Å². The SMILES string of the molecule is NC(CO)c1nc2ccc(Cl)cc2o1. The fourth-order valence-electron chi connectivity index (χ4n) is 1.15. The Bertz CT molecular complexity index is 455. The average molecular weight is 213 g/mol. The molecule has 3 N–H and O–H groups in total. The number of nitrogens with two attached hydrogens (primary N) is 1. The van der Waals surface area contributed by atoms with Gasteiger partial charge in [0.2, 0.25) is 5.89 Å². The first-order valence-corrected chi connectivity index (χ1v) is 4.51. The molecule has 0 amide bonds. The van der Waals surface area contributed by atoms with Gasteiger partial charge in [-0.2, -0.15) is 0 Å². The van der Waals surface area contributed by atoms with Crippen LogP contribution >= 0.6 is 11.6 Å². The van der Waals surface area contributed by atoms with Crippen LogP contribution in [-0.4, -0.2) is 16.7 Å². The third kappa shape index (κ3) is 1.59. The summed E-state index contributed by atoms with van der Waals surface area (Å²) in [6.45, 7) is -0.194. The first-order valence-electron chi connectivity index (χ1n) is 4.13. The Morgan fingerprint density at radius 1 is 1.57 bits per heavy atom. The highest BCUT2D eigenvalue weighted by atomic mass is 35.5. The van der Waals surface area contributed by atoms with Gasteiger partial charge in [-0.25, -0.2) is 4.98 Å². The Kier molecular flexibility index (Phi) is 2.41. The molecule has 1 atom stereocenters. The van der Waals surface area contributed by atoms with Crippen molar-refractivity contribution in [1.82, 2.24) is 4.98 Å². The summed E-state index contributed by atoms with van der Waals surface area (Å²) in [6.07, 6.45) is 0. The summed E-state index contributed by atoms with van der Waals surface area (Å²) in [4.78, 5) is 4.11. The number of aliphatic hydroxyl groups is 1. The monoisotopic (exact) mass is 212 g/mol. The predicted octanol–water partition coefficient (Wildman–Crippen LogP) is 1.47. The van der Waals surface area contributed by atoms with Crippen LogP contribution < -0.4 is 5.73 Å². The lowest BCUT2D eigenvalue weighted by atomic mass is 10.3. The van der Waals surface area contributed by atoms with Gasteiger partial charge in [-0.3, -0.25) is 0 Å². The van der Waals surface area contributed by atoms with Crippen LogP contribution in [0.25, 0.3) is 11.1 Å². The summed E-state index contributed by atoms with van der Waals surface area (Å²) in [5.41, 5.74) is 6.83. The van der Waals surface area contributed by atoms with E-state index >= 15 is 0 Å². The number of hydrogen-bond donors (Lipinski definition) is 2. The van der Waals surface area contributed by atoms with E-state index in [1.807, 2.05) is 0 Å². The molecule has 4 nitrogen and oxygen atoms in total. The first kappa shape index (κ1) is 9.45. The van der Waals surface area contributed by atoms with Crippen molar-refractivity contribution >= 4 is 22.7 Å². The van der Waals surface area contributed by atoms with Gasteiger partial charge in [0.1, 0.15) is 11.6 Å². The number of aromatic nitrogens is 1. The van der Waals surface area contributed by atoms with Gasteiger partial charge in [-0.15, -0.1) is 0 Å². The quantitative estimate of drug-likeness (QED) is 0.791. The van der Waals surface area contributed by atoms with Crippen molar-refractivity contribution in [3.63, 3.8) is 0 Å². The Morgan fingerprint density at radius 3 is 3.07 bits per heavy atom. The van der Waals surface area contributed by atoms with Gasteiger partial charge in [0, 0.05) is 11.1 Å². The molecule has 1 aromatic heterocycles. The van der Waals surface area contributed by atoms with E-state index in [1.54, 1.807) is 18.2 Å². The number of hydrogen-bond acceptors (Lipinski definition) is 4. The van der Waals surface area contributed by atoms with Crippen LogP contribution in [0.4, 0.5) is 0 Å². The maximum atomic E-state index is 8.82. The van der Waals surface area contributed by atoms with Crippen LogP contribution in [-0.2, 0) is 0 Å². The number of rotatable bonds is 2. The molecule has 74 valence electrons. The minimum Gasteiger partial charge on any atom is -0.439 e. The summed E-state index contributed by atoms with van der Waals surface area (Å²) < 4.78 is 5.32. The third-order valence-corrected chi connectivity index (χ3v) is 2.12. The lowest BCUT2D eigenvalue weighted by Crippen LogP contribution is -2.14. The van der Waals surface area contributed by atoms with E-state index in [0.29, 0.717) is 22.0 Å². The highest BCUT2D eigenvalue weighted by molar-refractivity contribution is 6.31. The van der Waals surface area contributed by atoms with Crippen LogP contribution in [0.15, 0.2) is 22.6 Å². The maximum absolute atomic E-state index is 8.82. The minimum absolute atomic E-state index is 0.194. The standard InChI is InChI=1S/C9H9ClN2O2/c10-5-1-2-7-8(3-5)14-9(12-7)6(11)4-13/h1-3,6,13H,4,11H2. The van der Waals surface area contributed by atoms with Crippen molar-refractivity contribution in [1.29, 1.82) is 0 Å². The molecule has 5 heteroatoms. The minimum atomic E-state index is -0.582. The van der Waals surface area contributed by atoms with E-state index in [1.165, 1.54) is 0 Å². The Labute approximate surface area is 85.3 Å². The second-order valence-corrected chi connectivity index (χ2v) is 3.39. The molecule has 0 aliphatic carbocycles. The molecule has 0 radical (unpaired) electrons. The van der Waals surface area contributed by atoms with E-state index in [2.05, 4.69) is 4.98 Å². The Morgan fingerprint density at radius 2 is 2.36 bits per heavy atom. The average Bonchev–Trinajstić information content (AvgIpc) is 2.59. The van der Waals surface area contributed by atoms with Crippen molar-refractivity contribution in [2.45, 2.75) is 6.04 Å². The summed E-state index contributed by atoms with van der Waals surface area (Å²) in [6, 6.07) is 4.55. The fourth-order valence-corrected chi connectivity index (χ4v) is 1.32. The number of aliphatic hydroxyl groups excluding tert-OH is 1. The number of fused-ring (bicyclic) bond motifs is 1. The molecule has 1 unspecified atom stereocenters. The molecule has 1 heterocycles. The molecule has 0 spiro atoms. The zero-order valence-electron chi connectivity index (χ0n) is 7.27. The fraction of sp³-hybridized carbons (Fsp3) is 0.222. The van der Waals surface area contributed by atoms with E-state index in [-0.39, 0.29) is 6.61 Å². The first-order chi connectivity index (χ1) is 6.70. The molecule has 0 saturated carbocycles. The van der Waals surface area contributed by atoms with Crippen LogP contribution in [0.2, 0.25) is 5.02 Å². The largest absolute Gasteiger partial charge is 0.439 e. The number of oxazole rings is 1. The molecule has 0 fully saturated rings. The number of nitrogens with zero attached hydrogens (tertiary/aromatic N) is 1.